The van der Waals surface area contributed by atoms with Gasteiger partial charge in [-0.1, -0.05) is 36.4 Å². The van der Waals surface area contributed by atoms with E-state index in [0.29, 0.717) is 5.75 Å². The van der Waals surface area contributed by atoms with E-state index in [1.807, 2.05) is 42.5 Å². The predicted molar refractivity (Wildman–Crippen MR) is 71.8 cm³/mol. The van der Waals surface area contributed by atoms with Crippen molar-refractivity contribution in [3.05, 3.63) is 42.5 Å². The van der Waals surface area contributed by atoms with Gasteiger partial charge in [-0.05, 0) is 18.4 Å². The van der Waals surface area contributed by atoms with Crippen molar-refractivity contribution in [1.82, 2.24) is 5.43 Å². The monoisotopic (exact) mass is 242 g/mol. The zero-order valence-electron chi connectivity index (χ0n) is 10.1. The van der Waals surface area contributed by atoms with Gasteiger partial charge in [-0.25, -0.2) is 5.43 Å². The summed E-state index contributed by atoms with van der Waals surface area (Å²) in [5.41, 5.74) is 2.36. The third-order valence-corrected chi connectivity index (χ3v) is 2.43. The minimum absolute atomic E-state index is 0.0503. The lowest BCUT2D eigenvalue weighted by Gasteiger charge is -2.08. The highest BCUT2D eigenvalue weighted by molar-refractivity contribution is 5.88. The van der Waals surface area contributed by atoms with E-state index in [9.17, 15) is 4.79 Å². The first-order valence-corrected chi connectivity index (χ1v) is 5.68. The van der Waals surface area contributed by atoms with Crippen LogP contribution in [0.4, 0.5) is 0 Å². The van der Waals surface area contributed by atoms with Crippen molar-refractivity contribution in [1.29, 1.82) is 0 Å². The first-order chi connectivity index (χ1) is 8.81. The Morgan fingerprint density at radius 2 is 2.06 bits per heavy atom. The Balaban J connectivity index is 2.10. The molecule has 0 atom stereocenters. The fourth-order valence-electron chi connectivity index (χ4n) is 1.63. The van der Waals surface area contributed by atoms with Crippen molar-refractivity contribution in [3.8, 4) is 5.75 Å². The average molecular weight is 242 g/mol. The number of amides is 1. The number of nitrogens with one attached hydrogen (secondary N) is 1. The van der Waals surface area contributed by atoms with E-state index in [-0.39, 0.29) is 12.5 Å². The van der Waals surface area contributed by atoms with Crippen LogP contribution in [0.3, 0.4) is 0 Å². The number of carbonyl (C=O) groups is 1. The molecule has 0 unspecified atom stereocenters. The number of nitrogens with zero attached hydrogens (tertiary/aromatic N) is 1. The molecular formula is C14H14N2O2. The quantitative estimate of drug-likeness (QED) is 0.661. The number of ether oxygens (including phenoxy) is 1. The summed E-state index contributed by atoms with van der Waals surface area (Å²) < 4.78 is 5.49. The van der Waals surface area contributed by atoms with E-state index in [4.69, 9.17) is 4.74 Å². The fourth-order valence-corrected chi connectivity index (χ4v) is 1.63. The van der Waals surface area contributed by atoms with Crippen LogP contribution in [0.25, 0.3) is 10.8 Å². The van der Waals surface area contributed by atoms with Crippen molar-refractivity contribution >= 4 is 22.9 Å². The van der Waals surface area contributed by atoms with Crippen molar-refractivity contribution < 1.29 is 9.53 Å². The minimum atomic E-state index is -0.277. The molecule has 0 bridgehead atoms. The Hall–Kier alpha value is -2.36. The largest absolute Gasteiger partial charge is 0.483 e. The third kappa shape index (κ3) is 2.85. The minimum Gasteiger partial charge on any atom is -0.483 e. The molecule has 4 nitrogen and oxygen atoms in total. The molecule has 0 radical (unpaired) electrons. The first-order valence-electron chi connectivity index (χ1n) is 5.68. The number of hydrogen-bond acceptors (Lipinski definition) is 3. The van der Waals surface area contributed by atoms with E-state index in [0.717, 1.165) is 10.8 Å². The van der Waals surface area contributed by atoms with Crippen LogP contribution < -0.4 is 10.2 Å². The van der Waals surface area contributed by atoms with Gasteiger partial charge in [0, 0.05) is 11.6 Å². The lowest BCUT2D eigenvalue weighted by molar-refractivity contribution is -0.123. The normalized spacial score (nSPS) is 10.7. The summed E-state index contributed by atoms with van der Waals surface area (Å²) in [6, 6.07) is 13.6. The second-order valence-electron chi connectivity index (χ2n) is 3.69. The molecule has 2 aromatic carbocycles. The van der Waals surface area contributed by atoms with E-state index in [1.54, 1.807) is 6.92 Å². The Labute approximate surface area is 105 Å². The van der Waals surface area contributed by atoms with Gasteiger partial charge in [-0.15, -0.1) is 0 Å². The molecule has 0 saturated carbocycles. The fraction of sp³-hybridized carbons (Fsp3) is 0.143. The molecule has 1 amide bonds. The summed E-state index contributed by atoms with van der Waals surface area (Å²) >= 11 is 0. The molecule has 0 aliphatic rings. The Bertz CT molecular complexity index is 574. The first kappa shape index (κ1) is 12.1. The van der Waals surface area contributed by atoms with Crippen LogP contribution in [0.5, 0.6) is 5.75 Å². The highest BCUT2D eigenvalue weighted by Crippen LogP contribution is 2.24. The number of fused-ring (bicyclic) bond motifs is 1. The lowest BCUT2D eigenvalue weighted by Crippen LogP contribution is -2.24. The highest BCUT2D eigenvalue weighted by atomic mass is 16.5. The van der Waals surface area contributed by atoms with Crippen molar-refractivity contribution in [2.75, 3.05) is 6.61 Å². The zero-order valence-corrected chi connectivity index (χ0v) is 10.1. The van der Waals surface area contributed by atoms with E-state index < -0.39 is 0 Å². The third-order valence-electron chi connectivity index (χ3n) is 2.43. The van der Waals surface area contributed by atoms with Crippen LogP contribution in [0, 0.1) is 0 Å². The summed E-state index contributed by atoms with van der Waals surface area (Å²) in [6.45, 7) is 1.68. The number of rotatable bonds is 4. The standard InChI is InChI=1S/C14H14N2O2/c1-2-15-16-14(17)10-18-13-9-5-7-11-6-3-4-8-12(11)13/h2-9H,10H2,1H3,(H,16,17)/b15-2+. The van der Waals surface area contributed by atoms with Crippen LogP contribution in [0.15, 0.2) is 47.6 Å². The molecule has 0 aliphatic heterocycles. The van der Waals surface area contributed by atoms with Crippen LogP contribution in [-0.2, 0) is 4.79 Å². The van der Waals surface area contributed by atoms with Gasteiger partial charge in [-0.2, -0.15) is 5.10 Å². The predicted octanol–water partition coefficient (Wildman–Crippen LogP) is 2.34. The van der Waals surface area contributed by atoms with Crippen LogP contribution >= 0.6 is 0 Å². The number of benzene rings is 2. The Kier molecular flexibility index (Phi) is 3.91. The van der Waals surface area contributed by atoms with Gasteiger partial charge in [0.2, 0.25) is 0 Å². The van der Waals surface area contributed by atoms with Gasteiger partial charge in [-0.3, -0.25) is 4.79 Å². The molecule has 4 heteroatoms. The molecule has 0 aromatic heterocycles. The van der Waals surface area contributed by atoms with Gasteiger partial charge in [0.25, 0.3) is 5.91 Å². The zero-order chi connectivity index (χ0) is 12.8. The van der Waals surface area contributed by atoms with Gasteiger partial charge >= 0.3 is 0 Å². The number of carbonyl (C=O) groups excluding carboxylic acids is 1. The lowest BCUT2D eigenvalue weighted by atomic mass is 10.1. The molecule has 0 heterocycles. The smallest absolute Gasteiger partial charge is 0.277 e. The van der Waals surface area contributed by atoms with Crippen LogP contribution in [0.2, 0.25) is 0 Å². The van der Waals surface area contributed by atoms with Crippen LogP contribution in [0.1, 0.15) is 6.92 Å². The van der Waals surface area contributed by atoms with Crippen LogP contribution in [-0.4, -0.2) is 18.7 Å². The van der Waals surface area contributed by atoms with Crippen molar-refractivity contribution in [2.45, 2.75) is 6.92 Å². The molecule has 0 fully saturated rings. The molecule has 0 aliphatic carbocycles. The molecule has 2 rings (SSSR count). The van der Waals surface area contributed by atoms with E-state index in [1.165, 1.54) is 6.21 Å². The molecule has 18 heavy (non-hydrogen) atoms. The van der Waals surface area contributed by atoms with Gasteiger partial charge in [0.15, 0.2) is 6.61 Å². The molecule has 2 aromatic rings. The second kappa shape index (κ2) is 5.82. The summed E-state index contributed by atoms with van der Waals surface area (Å²) in [6.07, 6.45) is 1.51. The summed E-state index contributed by atoms with van der Waals surface area (Å²) in [4.78, 5) is 11.4. The molecule has 1 N–H and O–H groups in total. The SMILES string of the molecule is C/C=N/NC(=O)COc1cccc2ccccc12. The summed E-state index contributed by atoms with van der Waals surface area (Å²) in [7, 11) is 0. The second-order valence-corrected chi connectivity index (χ2v) is 3.69. The highest BCUT2D eigenvalue weighted by Gasteiger charge is 2.04. The van der Waals surface area contributed by atoms with E-state index >= 15 is 0 Å². The number of hydrogen-bond donors (Lipinski definition) is 1. The average Bonchev–Trinajstić information content (AvgIpc) is 2.42. The maximum absolute atomic E-state index is 11.4. The Morgan fingerprint density at radius 3 is 2.89 bits per heavy atom. The molecular weight excluding hydrogens is 228 g/mol. The summed E-state index contributed by atoms with van der Waals surface area (Å²) in [5, 5.41) is 5.72. The van der Waals surface area contributed by atoms with Gasteiger partial charge < -0.3 is 4.74 Å². The maximum atomic E-state index is 11.4. The molecule has 92 valence electrons. The maximum Gasteiger partial charge on any atom is 0.277 e. The van der Waals surface area contributed by atoms with Gasteiger partial charge in [0.1, 0.15) is 5.75 Å². The summed E-state index contributed by atoms with van der Waals surface area (Å²) in [5.74, 6) is 0.421. The van der Waals surface area contributed by atoms with Crippen molar-refractivity contribution in [3.63, 3.8) is 0 Å². The number of hydrazone groups is 1. The topological polar surface area (TPSA) is 50.7 Å². The van der Waals surface area contributed by atoms with E-state index in [2.05, 4.69) is 10.5 Å². The van der Waals surface area contributed by atoms with Gasteiger partial charge in [0.05, 0.1) is 0 Å². The van der Waals surface area contributed by atoms with Crippen molar-refractivity contribution in [2.24, 2.45) is 5.10 Å². The molecule has 0 saturated heterocycles. The Morgan fingerprint density at radius 1 is 1.28 bits per heavy atom. The molecule has 0 spiro atoms.